The Balaban J connectivity index is 3.01. The van der Waals surface area contributed by atoms with Crippen molar-refractivity contribution in [2.45, 2.75) is 25.7 Å². The average molecular weight is 195 g/mol. The van der Waals surface area contributed by atoms with Crippen LogP contribution in [0, 0.1) is 11.3 Å². The van der Waals surface area contributed by atoms with Crippen molar-refractivity contribution in [2.24, 2.45) is 0 Å². The Morgan fingerprint density at radius 2 is 1.71 bits per heavy atom. The van der Waals surface area contributed by atoms with Gasteiger partial charge in [-0.1, -0.05) is 24.3 Å². The van der Waals surface area contributed by atoms with Gasteiger partial charge in [0.05, 0.1) is 11.5 Å². The summed E-state index contributed by atoms with van der Waals surface area (Å²) in [5.74, 6) is 0. The third-order valence-corrected chi connectivity index (χ3v) is 2.16. The smallest absolute Gasteiger partial charge is 0.205 e. The molecule has 0 heterocycles. The Labute approximate surface area is 82.0 Å². The zero-order valence-corrected chi connectivity index (χ0v) is 8.09. The Bertz CT molecular complexity index is 347. The SMILES string of the molecule is CC(C)(C#N)c1ccc(C(F)F)cc1. The van der Waals surface area contributed by atoms with E-state index in [1.165, 1.54) is 12.1 Å². The highest BCUT2D eigenvalue weighted by molar-refractivity contribution is 5.32. The van der Waals surface area contributed by atoms with Crippen molar-refractivity contribution >= 4 is 0 Å². The van der Waals surface area contributed by atoms with Crippen LogP contribution in [0.4, 0.5) is 8.78 Å². The van der Waals surface area contributed by atoms with Crippen LogP contribution in [-0.2, 0) is 5.41 Å². The molecule has 74 valence electrons. The Morgan fingerprint density at radius 1 is 1.21 bits per heavy atom. The van der Waals surface area contributed by atoms with E-state index in [1.807, 2.05) is 0 Å². The van der Waals surface area contributed by atoms with Gasteiger partial charge in [-0.3, -0.25) is 0 Å². The second-order valence-corrected chi connectivity index (χ2v) is 3.66. The molecule has 0 amide bonds. The summed E-state index contributed by atoms with van der Waals surface area (Å²) in [7, 11) is 0. The van der Waals surface area contributed by atoms with Crippen LogP contribution in [0.5, 0.6) is 0 Å². The number of alkyl halides is 2. The van der Waals surface area contributed by atoms with Crippen LogP contribution in [0.3, 0.4) is 0 Å². The van der Waals surface area contributed by atoms with Crippen LogP contribution in [0.1, 0.15) is 31.4 Å². The van der Waals surface area contributed by atoms with Gasteiger partial charge in [0.25, 0.3) is 6.43 Å². The predicted octanol–water partition coefficient (Wildman–Crippen LogP) is 3.43. The number of nitrogens with zero attached hydrogens (tertiary/aromatic N) is 1. The molecule has 0 aliphatic carbocycles. The van der Waals surface area contributed by atoms with Gasteiger partial charge in [-0.25, -0.2) is 8.78 Å². The van der Waals surface area contributed by atoms with E-state index in [2.05, 4.69) is 6.07 Å². The normalized spacial score (nSPS) is 11.4. The van der Waals surface area contributed by atoms with Crippen LogP contribution >= 0.6 is 0 Å². The summed E-state index contributed by atoms with van der Waals surface area (Å²) < 4.78 is 24.4. The second-order valence-electron chi connectivity index (χ2n) is 3.66. The molecule has 0 spiro atoms. The fraction of sp³-hybridized carbons (Fsp3) is 0.364. The minimum Gasteiger partial charge on any atom is -0.205 e. The van der Waals surface area contributed by atoms with Crippen molar-refractivity contribution in [1.82, 2.24) is 0 Å². The third kappa shape index (κ3) is 2.08. The second kappa shape index (κ2) is 3.75. The summed E-state index contributed by atoms with van der Waals surface area (Å²) >= 11 is 0. The number of nitriles is 1. The zero-order chi connectivity index (χ0) is 10.8. The number of rotatable bonds is 2. The summed E-state index contributed by atoms with van der Waals surface area (Å²) in [6.07, 6.45) is -2.45. The summed E-state index contributed by atoms with van der Waals surface area (Å²) in [6.45, 7) is 3.51. The topological polar surface area (TPSA) is 23.8 Å². The number of hydrogen-bond donors (Lipinski definition) is 0. The highest BCUT2D eigenvalue weighted by atomic mass is 19.3. The lowest BCUT2D eigenvalue weighted by Crippen LogP contribution is -2.13. The van der Waals surface area contributed by atoms with Crippen molar-refractivity contribution in [3.63, 3.8) is 0 Å². The molecule has 0 saturated carbocycles. The van der Waals surface area contributed by atoms with E-state index in [0.717, 1.165) is 5.56 Å². The van der Waals surface area contributed by atoms with Gasteiger partial charge in [0.2, 0.25) is 0 Å². The minimum absolute atomic E-state index is 0.0116. The highest BCUT2D eigenvalue weighted by Gasteiger charge is 2.19. The first-order valence-electron chi connectivity index (χ1n) is 4.27. The van der Waals surface area contributed by atoms with E-state index in [9.17, 15) is 8.78 Å². The zero-order valence-electron chi connectivity index (χ0n) is 8.09. The van der Waals surface area contributed by atoms with Crippen LogP contribution in [0.2, 0.25) is 0 Å². The molecule has 0 aromatic heterocycles. The summed E-state index contributed by atoms with van der Waals surface area (Å²) in [5.41, 5.74) is 0.118. The molecule has 1 aromatic carbocycles. The van der Waals surface area contributed by atoms with Gasteiger partial charge >= 0.3 is 0 Å². The minimum atomic E-state index is -2.45. The molecule has 0 aliphatic heterocycles. The van der Waals surface area contributed by atoms with Crippen molar-refractivity contribution in [2.75, 3.05) is 0 Å². The molecule has 0 aliphatic rings. The lowest BCUT2D eigenvalue weighted by molar-refractivity contribution is 0.151. The molecular formula is C11H11F2N. The molecule has 0 bridgehead atoms. The molecule has 0 radical (unpaired) electrons. The molecule has 1 aromatic rings. The molecule has 0 unspecified atom stereocenters. The lowest BCUT2D eigenvalue weighted by atomic mass is 9.86. The van der Waals surface area contributed by atoms with Crippen molar-refractivity contribution in [1.29, 1.82) is 5.26 Å². The van der Waals surface area contributed by atoms with Gasteiger partial charge < -0.3 is 0 Å². The standard InChI is InChI=1S/C11H11F2N/c1-11(2,7-14)9-5-3-8(4-6-9)10(12)13/h3-6,10H,1-2H3. The monoisotopic (exact) mass is 195 g/mol. The van der Waals surface area contributed by atoms with Crippen LogP contribution in [0.15, 0.2) is 24.3 Å². The van der Waals surface area contributed by atoms with E-state index >= 15 is 0 Å². The van der Waals surface area contributed by atoms with Crippen LogP contribution in [0.25, 0.3) is 0 Å². The van der Waals surface area contributed by atoms with Gasteiger partial charge in [0.15, 0.2) is 0 Å². The molecule has 1 nitrogen and oxygen atoms in total. The van der Waals surface area contributed by atoms with E-state index in [4.69, 9.17) is 5.26 Å². The van der Waals surface area contributed by atoms with Crippen molar-refractivity contribution in [3.8, 4) is 6.07 Å². The molecule has 3 heteroatoms. The Kier molecular flexibility index (Phi) is 2.85. The van der Waals surface area contributed by atoms with Crippen molar-refractivity contribution in [3.05, 3.63) is 35.4 Å². The van der Waals surface area contributed by atoms with Crippen molar-refractivity contribution < 1.29 is 8.78 Å². The maximum atomic E-state index is 12.2. The van der Waals surface area contributed by atoms with Crippen LogP contribution < -0.4 is 0 Å². The lowest BCUT2D eigenvalue weighted by Gasteiger charge is -2.15. The molecule has 1 rings (SSSR count). The maximum absolute atomic E-state index is 12.2. The molecular weight excluding hydrogens is 184 g/mol. The van der Waals surface area contributed by atoms with Gasteiger partial charge in [0, 0.05) is 5.56 Å². The number of halogens is 2. The van der Waals surface area contributed by atoms with E-state index in [-0.39, 0.29) is 5.56 Å². The van der Waals surface area contributed by atoms with E-state index in [0.29, 0.717) is 0 Å². The van der Waals surface area contributed by atoms with E-state index in [1.54, 1.807) is 26.0 Å². The molecule has 14 heavy (non-hydrogen) atoms. The fourth-order valence-corrected chi connectivity index (χ4v) is 1.11. The maximum Gasteiger partial charge on any atom is 0.263 e. The summed E-state index contributed by atoms with van der Waals surface area (Å²) in [4.78, 5) is 0. The third-order valence-electron chi connectivity index (χ3n) is 2.16. The highest BCUT2D eigenvalue weighted by Crippen LogP contribution is 2.25. The summed E-state index contributed by atoms with van der Waals surface area (Å²) in [5, 5.41) is 8.83. The molecule has 0 fully saturated rings. The first-order chi connectivity index (χ1) is 6.47. The van der Waals surface area contributed by atoms with Gasteiger partial charge in [0.1, 0.15) is 0 Å². The number of hydrogen-bond acceptors (Lipinski definition) is 1. The first kappa shape index (κ1) is 10.6. The largest absolute Gasteiger partial charge is 0.263 e. The van der Waals surface area contributed by atoms with Gasteiger partial charge in [-0.2, -0.15) is 5.26 Å². The first-order valence-corrected chi connectivity index (χ1v) is 4.27. The van der Waals surface area contributed by atoms with Gasteiger partial charge in [-0.05, 0) is 19.4 Å². The molecule has 0 atom stereocenters. The number of benzene rings is 1. The van der Waals surface area contributed by atoms with Gasteiger partial charge in [-0.15, -0.1) is 0 Å². The van der Waals surface area contributed by atoms with Crippen LogP contribution in [-0.4, -0.2) is 0 Å². The Hall–Kier alpha value is -1.43. The van der Waals surface area contributed by atoms with E-state index < -0.39 is 11.8 Å². The predicted molar refractivity (Wildman–Crippen MR) is 50.0 cm³/mol. The quantitative estimate of drug-likeness (QED) is 0.709. The Morgan fingerprint density at radius 3 is 2.07 bits per heavy atom. The average Bonchev–Trinajstić information content (AvgIpc) is 2.18. The molecule has 0 N–H and O–H groups in total. The fourth-order valence-electron chi connectivity index (χ4n) is 1.11. The molecule has 0 saturated heterocycles. The summed E-state index contributed by atoms with van der Waals surface area (Å²) in [6, 6.07) is 7.99.